The number of alkyl halides is 1. The van der Waals surface area contributed by atoms with E-state index in [-0.39, 0.29) is 0 Å². The molecule has 1 aromatic carbocycles. The van der Waals surface area contributed by atoms with Gasteiger partial charge in [-0.3, -0.25) is 0 Å². The molecule has 0 spiro atoms. The van der Waals surface area contributed by atoms with Crippen LogP contribution in [0.4, 0.5) is 0 Å². The van der Waals surface area contributed by atoms with Crippen LogP contribution in [0.2, 0.25) is 0 Å². The molecule has 3 heteroatoms. The van der Waals surface area contributed by atoms with Gasteiger partial charge in [0.15, 0.2) is 11.5 Å². The predicted molar refractivity (Wildman–Crippen MR) is 91.6 cm³/mol. The van der Waals surface area contributed by atoms with Crippen molar-refractivity contribution < 1.29 is 9.47 Å². The number of unbranched alkanes of at least 4 members (excludes halogenated alkanes) is 4. The van der Waals surface area contributed by atoms with E-state index >= 15 is 0 Å². The zero-order chi connectivity index (χ0) is 15.1. The first kappa shape index (κ1) is 16.7. The maximum absolute atomic E-state index is 5.86. The first-order chi connectivity index (χ1) is 10.2. The Morgan fingerprint density at radius 1 is 1.10 bits per heavy atom. The van der Waals surface area contributed by atoms with Gasteiger partial charge >= 0.3 is 0 Å². The lowest BCUT2D eigenvalue weighted by molar-refractivity contribution is 0.228. The normalized spacial score (nSPS) is 19.1. The smallest absolute Gasteiger partial charge is 0.161 e. The number of fused-ring (bicyclic) bond motifs is 1. The van der Waals surface area contributed by atoms with Crippen LogP contribution in [-0.2, 0) is 0 Å². The van der Waals surface area contributed by atoms with Crippen molar-refractivity contribution in [3.63, 3.8) is 0 Å². The number of ether oxygens (including phenoxy) is 2. The minimum absolute atomic E-state index is 0.411. The summed E-state index contributed by atoms with van der Waals surface area (Å²) in [4.78, 5) is 0.411. The molecule has 21 heavy (non-hydrogen) atoms. The summed E-state index contributed by atoms with van der Waals surface area (Å²) in [6.45, 7) is 5.88. The summed E-state index contributed by atoms with van der Waals surface area (Å²) in [5.41, 5.74) is 1.29. The summed E-state index contributed by atoms with van der Waals surface area (Å²) in [6, 6.07) is 6.34. The molecule has 1 heterocycles. The van der Waals surface area contributed by atoms with Crippen LogP contribution in [0.15, 0.2) is 18.2 Å². The van der Waals surface area contributed by atoms with Gasteiger partial charge in [0.2, 0.25) is 0 Å². The Morgan fingerprint density at radius 2 is 1.81 bits per heavy atom. The molecule has 0 saturated carbocycles. The fourth-order valence-electron chi connectivity index (χ4n) is 2.56. The number of rotatable bonds is 7. The van der Waals surface area contributed by atoms with Crippen LogP contribution in [0.3, 0.4) is 0 Å². The topological polar surface area (TPSA) is 18.5 Å². The van der Waals surface area contributed by atoms with E-state index in [4.69, 9.17) is 9.47 Å². The molecule has 2 nitrogen and oxygen atoms in total. The van der Waals surface area contributed by atoms with Crippen molar-refractivity contribution >= 4 is 15.9 Å². The minimum atomic E-state index is 0.411. The second-order valence-electron chi connectivity index (χ2n) is 6.10. The zero-order valence-corrected chi connectivity index (χ0v) is 14.8. The Labute approximate surface area is 137 Å². The van der Waals surface area contributed by atoms with Crippen molar-refractivity contribution in [3.05, 3.63) is 23.8 Å². The van der Waals surface area contributed by atoms with Crippen LogP contribution in [0.5, 0.6) is 11.5 Å². The van der Waals surface area contributed by atoms with Crippen LogP contribution < -0.4 is 9.47 Å². The van der Waals surface area contributed by atoms with E-state index in [0.717, 1.165) is 24.7 Å². The van der Waals surface area contributed by atoms with Crippen molar-refractivity contribution in [2.24, 2.45) is 5.92 Å². The highest BCUT2D eigenvalue weighted by atomic mass is 79.9. The van der Waals surface area contributed by atoms with Gasteiger partial charge in [0.25, 0.3) is 0 Å². The molecule has 0 radical (unpaired) electrons. The number of hydrogen-bond donors (Lipinski definition) is 0. The Morgan fingerprint density at radius 3 is 2.57 bits per heavy atom. The number of halogens is 1. The molecule has 0 saturated heterocycles. The van der Waals surface area contributed by atoms with Crippen LogP contribution in [-0.4, -0.2) is 13.2 Å². The second-order valence-corrected chi connectivity index (χ2v) is 7.21. The molecule has 2 unspecified atom stereocenters. The number of hydrogen-bond acceptors (Lipinski definition) is 2. The first-order valence-corrected chi connectivity index (χ1v) is 9.16. The fraction of sp³-hybridized carbons (Fsp3) is 0.667. The Hall–Kier alpha value is -0.700. The van der Waals surface area contributed by atoms with E-state index in [0.29, 0.717) is 10.7 Å². The van der Waals surface area contributed by atoms with Crippen LogP contribution in [0.1, 0.15) is 62.8 Å². The third-order valence-electron chi connectivity index (χ3n) is 3.94. The maximum Gasteiger partial charge on any atom is 0.161 e. The lowest BCUT2D eigenvalue weighted by Crippen LogP contribution is -2.12. The van der Waals surface area contributed by atoms with Crippen molar-refractivity contribution in [2.45, 2.75) is 57.2 Å². The third kappa shape index (κ3) is 5.21. The van der Waals surface area contributed by atoms with Gasteiger partial charge in [-0.25, -0.2) is 0 Å². The predicted octanol–water partition coefficient (Wildman–Crippen LogP) is 5.89. The summed E-state index contributed by atoms with van der Waals surface area (Å²) in [5, 5.41) is 0. The van der Waals surface area contributed by atoms with Gasteiger partial charge in [0, 0.05) is 10.7 Å². The van der Waals surface area contributed by atoms with Crippen molar-refractivity contribution in [1.29, 1.82) is 0 Å². The SMILES string of the molecule is CCCCCCCC(Br)c1ccc2c(c1)OCC(C)CO2. The Balaban J connectivity index is 1.88. The molecular weight excluding hydrogens is 328 g/mol. The molecule has 2 rings (SSSR count). The van der Waals surface area contributed by atoms with Gasteiger partial charge in [-0.05, 0) is 24.1 Å². The molecule has 0 aliphatic carbocycles. The summed E-state index contributed by atoms with van der Waals surface area (Å²) in [6.07, 6.45) is 7.81. The highest BCUT2D eigenvalue weighted by molar-refractivity contribution is 9.09. The van der Waals surface area contributed by atoms with Gasteiger partial charge in [-0.1, -0.05) is 67.9 Å². The molecule has 2 atom stereocenters. The molecule has 1 aliphatic heterocycles. The van der Waals surface area contributed by atoms with E-state index in [1.54, 1.807) is 0 Å². The minimum Gasteiger partial charge on any atom is -0.489 e. The summed E-state index contributed by atoms with van der Waals surface area (Å²) >= 11 is 3.82. The van der Waals surface area contributed by atoms with E-state index in [9.17, 15) is 0 Å². The highest BCUT2D eigenvalue weighted by Crippen LogP contribution is 2.37. The van der Waals surface area contributed by atoms with E-state index in [1.807, 2.05) is 6.07 Å². The second kappa shape index (κ2) is 8.67. The van der Waals surface area contributed by atoms with Gasteiger partial charge in [0.1, 0.15) is 0 Å². The Kier molecular flexibility index (Phi) is 6.88. The fourth-order valence-corrected chi connectivity index (χ4v) is 3.17. The van der Waals surface area contributed by atoms with Crippen LogP contribution in [0.25, 0.3) is 0 Å². The molecule has 0 fully saturated rings. The first-order valence-electron chi connectivity index (χ1n) is 8.24. The van der Waals surface area contributed by atoms with Crippen molar-refractivity contribution in [2.75, 3.05) is 13.2 Å². The molecule has 118 valence electrons. The average Bonchev–Trinajstić information content (AvgIpc) is 2.68. The van der Waals surface area contributed by atoms with Crippen LogP contribution in [0, 0.1) is 5.92 Å². The largest absolute Gasteiger partial charge is 0.489 e. The van der Waals surface area contributed by atoms with Crippen molar-refractivity contribution in [1.82, 2.24) is 0 Å². The monoisotopic (exact) mass is 354 g/mol. The zero-order valence-electron chi connectivity index (χ0n) is 13.2. The lowest BCUT2D eigenvalue weighted by atomic mass is 10.0. The molecule has 0 N–H and O–H groups in total. The molecule has 1 aliphatic rings. The summed E-state index contributed by atoms with van der Waals surface area (Å²) in [5.74, 6) is 2.22. The summed E-state index contributed by atoms with van der Waals surface area (Å²) in [7, 11) is 0. The van der Waals surface area contributed by atoms with Crippen LogP contribution >= 0.6 is 15.9 Å². The highest BCUT2D eigenvalue weighted by Gasteiger charge is 2.17. The van der Waals surface area contributed by atoms with E-state index < -0.39 is 0 Å². The lowest BCUT2D eigenvalue weighted by Gasteiger charge is -2.13. The Bertz CT molecular complexity index is 433. The van der Waals surface area contributed by atoms with Gasteiger partial charge in [0.05, 0.1) is 13.2 Å². The van der Waals surface area contributed by atoms with Gasteiger partial charge in [-0.15, -0.1) is 0 Å². The number of benzene rings is 1. The van der Waals surface area contributed by atoms with Gasteiger partial charge < -0.3 is 9.47 Å². The molecular formula is C18H27BrO2. The molecule has 1 aromatic rings. The molecule has 0 aromatic heterocycles. The van der Waals surface area contributed by atoms with Gasteiger partial charge in [-0.2, -0.15) is 0 Å². The third-order valence-corrected chi connectivity index (χ3v) is 4.92. The summed E-state index contributed by atoms with van der Waals surface area (Å²) < 4.78 is 11.6. The van der Waals surface area contributed by atoms with Crippen molar-refractivity contribution in [3.8, 4) is 11.5 Å². The van der Waals surface area contributed by atoms with E-state index in [2.05, 4.69) is 41.9 Å². The molecule has 0 amide bonds. The average molecular weight is 355 g/mol. The van der Waals surface area contributed by atoms with E-state index in [1.165, 1.54) is 44.1 Å². The quantitative estimate of drug-likeness (QED) is 0.448. The standard InChI is InChI=1S/C18H27BrO2/c1-3-4-5-6-7-8-16(19)15-9-10-17-18(11-15)21-13-14(2)12-20-17/h9-11,14,16H,3-8,12-13H2,1-2H3. The maximum atomic E-state index is 5.86. The molecule has 0 bridgehead atoms.